The highest BCUT2D eigenvalue weighted by Gasteiger charge is 2.42. The van der Waals surface area contributed by atoms with Gasteiger partial charge in [0.25, 0.3) is 0 Å². The van der Waals surface area contributed by atoms with Gasteiger partial charge in [0.05, 0.1) is 16.9 Å². The molecule has 0 radical (unpaired) electrons. The quantitative estimate of drug-likeness (QED) is 0.734. The topological polar surface area (TPSA) is 41.0 Å². The van der Waals surface area contributed by atoms with Crippen LogP contribution in [0, 0.1) is 6.92 Å². The van der Waals surface area contributed by atoms with Crippen molar-refractivity contribution in [3.63, 3.8) is 0 Å². The van der Waals surface area contributed by atoms with Crippen LogP contribution in [0.4, 0.5) is 0 Å². The van der Waals surface area contributed by atoms with Gasteiger partial charge in [-0.25, -0.2) is 0 Å². The van der Waals surface area contributed by atoms with Crippen LogP contribution < -0.4 is 0 Å². The fourth-order valence-electron chi connectivity index (χ4n) is 2.68. The van der Waals surface area contributed by atoms with Gasteiger partial charge in [-0.15, -0.1) is 5.73 Å². The average Bonchev–Trinajstić information content (AvgIpc) is 3.30. The van der Waals surface area contributed by atoms with Gasteiger partial charge in [-0.2, -0.15) is 5.10 Å². The predicted octanol–water partition coefficient (Wildman–Crippen LogP) is 5.39. The molecule has 24 heavy (non-hydrogen) atoms. The molecule has 1 aliphatic heterocycles. The second-order valence-electron chi connectivity index (χ2n) is 6.26. The second kappa shape index (κ2) is 7.04. The Kier molecular flexibility index (Phi) is 4.84. The summed E-state index contributed by atoms with van der Waals surface area (Å²) in [5.74, 6) is 0. The number of benzene rings is 1. The predicted molar refractivity (Wildman–Crippen MR) is 101 cm³/mol. The highest BCUT2D eigenvalue weighted by molar-refractivity contribution is 6.33. The maximum absolute atomic E-state index is 6.22. The van der Waals surface area contributed by atoms with E-state index in [2.05, 4.69) is 34.8 Å². The molecule has 1 saturated carbocycles. The number of H-pyrrole nitrogens is 1. The van der Waals surface area contributed by atoms with Crippen LogP contribution >= 0.6 is 11.6 Å². The Balaban J connectivity index is 0.000000203. The summed E-state index contributed by atoms with van der Waals surface area (Å²) in [5, 5.41) is 8.40. The van der Waals surface area contributed by atoms with Gasteiger partial charge < -0.3 is 0 Å². The Morgan fingerprint density at radius 3 is 2.75 bits per heavy atom. The number of halogens is 1. The lowest BCUT2D eigenvalue weighted by atomic mass is 9.98. The minimum absolute atomic E-state index is 0.316. The third-order valence-electron chi connectivity index (χ3n) is 4.37. The monoisotopic (exact) mass is 337 g/mol. The van der Waals surface area contributed by atoms with Crippen LogP contribution in [0.2, 0.25) is 5.02 Å². The lowest BCUT2D eigenvalue weighted by molar-refractivity contribution is 0.736. The Bertz CT molecular complexity index is 832. The second-order valence-corrected chi connectivity index (χ2v) is 6.67. The van der Waals surface area contributed by atoms with E-state index in [9.17, 15) is 0 Å². The van der Waals surface area contributed by atoms with Crippen molar-refractivity contribution >= 4 is 17.8 Å². The van der Waals surface area contributed by atoms with Crippen LogP contribution in [0.5, 0.6) is 0 Å². The van der Waals surface area contributed by atoms with Crippen LogP contribution in [0.25, 0.3) is 11.3 Å². The highest BCUT2D eigenvalue weighted by atomic mass is 35.5. The molecule has 1 aromatic heterocycles. The molecule has 4 heteroatoms. The van der Waals surface area contributed by atoms with Crippen molar-refractivity contribution in [3.8, 4) is 11.3 Å². The largest absolute Gasteiger partial charge is 0.281 e. The summed E-state index contributed by atoms with van der Waals surface area (Å²) in [6.07, 6.45) is 11.4. The number of hydrogen-bond acceptors (Lipinski definition) is 2. The Morgan fingerprint density at radius 2 is 2.00 bits per heavy atom. The molecule has 1 N–H and O–H groups in total. The van der Waals surface area contributed by atoms with Crippen LogP contribution in [0.1, 0.15) is 31.0 Å². The fraction of sp³-hybridized carbons (Fsp3) is 0.250. The Morgan fingerprint density at radius 1 is 1.21 bits per heavy atom. The lowest BCUT2D eigenvalue weighted by Crippen LogP contribution is -2.02. The zero-order chi connectivity index (χ0) is 17.0. The molecule has 0 bridgehead atoms. The fourth-order valence-corrected chi connectivity index (χ4v) is 2.90. The van der Waals surface area contributed by atoms with Crippen LogP contribution in [-0.2, 0) is 5.41 Å². The van der Waals surface area contributed by atoms with Gasteiger partial charge in [0, 0.05) is 22.9 Å². The van der Waals surface area contributed by atoms with Crippen molar-refractivity contribution in [1.29, 1.82) is 0 Å². The summed E-state index contributed by atoms with van der Waals surface area (Å²) >= 11 is 6.22. The summed E-state index contributed by atoms with van der Waals surface area (Å²) in [5.41, 5.74) is 7.63. The first-order valence-corrected chi connectivity index (χ1v) is 8.39. The van der Waals surface area contributed by atoms with E-state index in [4.69, 9.17) is 11.6 Å². The van der Waals surface area contributed by atoms with Gasteiger partial charge in [-0.3, -0.25) is 10.1 Å². The molecule has 122 valence electrons. The molecule has 2 aliphatic rings. The first-order chi connectivity index (χ1) is 11.6. The summed E-state index contributed by atoms with van der Waals surface area (Å²) in [4.78, 5) is 3.79. The minimum Gasteiger partial charge on any atom is -0.281 e. The van der Waals surface area contributed by atoms with Gasteiger partial charge in [0.1, 0.15) is 0 Å². The van der Waals surface area contributed by atoms with Crippen molar-refractivity contribution in [1.82, 2.24) is 10.2 Å². The summed E-state index contributed by atoms with van der Waals surface area (Å²) in [6, 6.07) is 7.86. The zero-order valence-corrected chi connectivity index (χ0v) is 14.6. The number of nitrogens with one attached hydrogen (secondary N) is 1. The lowest BCUT2D eigenvalue weighted by Gasteiger charge is -2.07. The number of aromatic nitrogens is 2. The molecule has 1 aromatic carbocycles. The van der Waals surface area contributed by atoms with Crippen LogP contribution in [-0.4, -0.2) is 16.4 Å². The smallest absolute Gasteiger partial charge is 0.0967 e. The standard InChI is InChI=1S/C14H15ClN2.C6H5N/c1-9-12(10-5-3-4-6-11(10)15)16-17-13(9)14(2)7-8-14;1-2-4-6-7-5-3-1/h3-6H,7-8H2,1-2H3,(H,16,17);1-3,5-6H. The van der Waals surface area contributed by atoms with Crippen molar-refractivity contribution in [3.05, 3.63) is 70.7 Å². The number of rotatable bonds is 2. The van der Waals surface area contributed by atoms with E-state index in [0.717, 1.165) is 16.3 Å². The van der Waals surface area contributed by atoms with Crippen LogP contribution in [0.15, 0.2) is 59.4 Å². The maximum atomic E-state index is 6.22. The van der Waals surface area contributed by atoms with E-state index in [1.165, 1.54) is 24.1 Å². The van der Waals surface area contributed by atoms with Gasteiger partial charge >= 0.3 is 0 Å². The van der Waals surface area contributed by atoms with Crippen molar-refractivity contribution < 1.29 is 0 Å². The SMILES string of the molecule is C1=CC=CC=NC=1.Cc1c(-c2ccccc2Cl)n[nH]c1C1(C)CC1. The molecule has 1 fully saturated rings. The van der Waals surface area contributed by atoms with Crippen molar-refractivity contribution in [2.24, 2.45) is 4.99 Å². The minimum atomic E-state index is 0.316. The molecule has 0 unspecified atom stereocenters. The molecule has 0 spiro atoms. The third-order valence-corrected chi connectivity index (χ3v) is 4.70. The number of allylic oxidation sites excluding steroid dienone is 3. The van der Waals surface area contributed by atoms with E-state index >= 15 is 0 Å². The Hall–Kier alpha value is -2.35. The average molecular weight is 338 g/mol. The number of nitrogens with zero attached hydrogens (tertiary/aromatic N) is 2. The molecular weight excluding hydrogens is 318 g/mol. The first-order valence-electron chi connectivity index (χ1n) is 8.01. The van der Waals surface area contributed by atoms with Gasteiger partial charge in [0.15, 0.2) is 0 Å². The van der Waals surface area contributed by atoms with Gasteiger partial charge in [0.2, 0.25) is 0 Å². The molecular formula is C20H20ClN3. The molecule has 0 atom stereocenters. The number of hydrogen-bond donors (Lipinski definition) is 1. The molecule has 1 aliphatic carbocycles. The van der Waals surface area contributed by atoms with E-state index in [1.54, 1.807) is 12.4 Å². The molecule has 4 rings (SSSR count). The number of aliphatic imine (C=N–C) groups is 1. The maximum Gasteiger partial charge on any atom is 0.0967 e. The van der Waals surface area contributed by atoms with Crippen LogP contribution in [0.3, 0.4) is 0 Å². The van der Waals surface area contributed by atoms with Crippen molar-refractivity contribution in [2.75, 3.05) is 0 Å². The van der Waals surface area contributed by atoms with Crippen molar-refractivity contribution in [2.45, 2.75) is 32.1 Å². The van der Waals surface area contributed by atoms with Gasteiger partial charge in [-0.05, 0) is 43.5 Å². The van der Waals surface area contributed by atoms with Gasteiger partial charge in [-0.1, -0.05) is 42.8 Å². The molecule has 2 aromatic rings. The molecule has 2 heterocycles. The summed E-state index contributed by atoms with van der Waals surface area (Å²) in [6.45, 7) is 4.41. The summed E-state index contributed by atoms with van der Waals surface area (Å²) < 4.78 is 0. The normalized spacial score (nSPS) is 16.5. The molecule has 3 nitrogen and oxygen atoms in total. The van der Waals surface area contributed by atoms with E-state index in [1.807, 2.05) is 42.5 Å². The van der Waals surface area contributed by atoms with E-state index in [0.29, 0.717) is 5.41 Å². The number of aromatic amines is 1. The zero-order valence-electron chi connectivity index (χ0n) is 13.9. The Labute approximate surface area is 147 Å². The summed E-state index contributed by atoms with van der Waals surface area (Å²) in [7, 11) is 0. The third kappa shape index (κ3) is 3.59. The van der Waals surface area contributed by atoms with E-state index < -0.39 is 0 Å². The molecule has 0 saturated heterocycles. The highest BCUT2D eigenvalue weighted by Crippen LogP contribution is 2.49. The molecule has 0 amide bonds. The first kappa shape index (κ1) is 16.5. The van der Waals surface area contributed by atoms with E-state index in [-0.39, 0.29) is 0 Å².